The molecule has 186 valence electrons. The summed E-state index contributed by atoms with van der Waals surface area (Å²) in [4.78, 5) is 35.4. The molecule has 2 aliphatic rings. The van der Waals surface area contributed by atoms with Crippen molar-refractivity contribution >= 4 is 49.9 Å². The second-order valence-corrected chi connectivity index (χ2v) is 10.3. The predicted molar refractivity (Wildman–Crippen MR) is 148 cm³/mol. The van der Waals surface area contributed by atoms with Crippen molar-refractivity contribution in [2.24, 2.45) is 5.92 Å². The Bertz CT molecular complexity index is 1680. The molecule has 7 heteroatoms. The number of furan rings is 1. The van der Waals surface area contributed by atoms with Crippen LogP contribution in [0.3, 0.4) is 0 Å². The van der Waals surface area contributed by atoms with E-state index in [1.54, 1.807) is 5.06 Å². The number of fused-ring (bicyclic) bond motifs is 2. The smallest absolute Gasteiger partial charge is 0.266 e. The molecule has 3 atom stereocenters. The number of rotatable bonds is 4. The summed E-state index contributed by atoms with van der Waals surface area (Å²) >= 11 is 3.47. The van der Waals surface area contributed by atoms with Gasteiger partial charge in [0.05, 0.1) is 11.4 Å². The summed E-state index contributed by atoms with van der Waals surface area (Å²) in [7, 11) is 0. The van der Waals surface area contributed by atoms with Gasteiger partial charge in [0.1, 0.15) is 23.5 Å². The first kappa shape index (κ1) is 23.0. The number of anilines is 2. The Labute approximate surface area is 227 Å². The number of nitrogens with zero attached hydrogens (tertiary/aromatic N) is 2. The number of hydroxylamine groups is 1. The van der Waals surface area contributed by atoms with E-state index in [4.69, 9.17) is 9.25 Å². The first-order valence-electron chi connectivity index (χ1n) is 12.3. The molecule has 0 saturated carbocycles. The van der Waals surface area contributed by atoms with Crippen molar-refractivity contribution < 1.29 is 18.8 Å². The third-order valence-corrected chi connectivity index (χ3v) is 7.71. The molecule has 1 aromatic heterocycles. The molecular weight excluding hydrogens is 544 g/mol. The Balaban J connectivity index is 1.32. The Hall–Kier alpha value is -4.20. The van der Waals surface area contributed by atoms with E-state index < -0.39 is 18.1 Å². The second-order valence-electron chi connectivity index (χ2n) is 9.38. The average Bonchev–Trinajstić information content (AvgIpc) is 3.65. The molecular formula is C31H21BrN2O4. The van der Waals surface area contributed by atoms with E-state index in [0.717, 1.165) is 26.5 Å². The van der Waals surface area contributed by atoms with Crippen LogP contribution in [0.2, 0.25) is 0 Å². The molecule has 0 radical (unpaired) electrons. The minimum Gasteiger partial charge on any atom is -0.459 e. The number of amides is 2. The van der Waals surface area contributed by atoms with Gasteiger partial charge < -0.3 is 4.42 Å². The highest BCUT2D eigenvalue weighted by atomic mass is 79.9. The van der Waals surface area contributed by atoms with E-state index in [9.17, 15) is 9.59 Å². The number of halogens is 1. The van der Waals surface area contributed by atoms with E-state index >= 15 is 0 Å². The molecule has 0 aliphatic carbocycles. The molecule has 5 aromatic rings. The molecule has 38 heavy (non-hydrogen) atoms. The van der Waals surface area contributed by atoms with Crippen molar-refractivity contribution in [2.45, 2.75) is 12.1 Å². The number of carbonyl (C=O) groups is 2. The summed E-state index contributed by atoms with van der Waals surface area (Å²) in [5, 5.41) is 3.44. The molecule has 2 saturated heterocycles. The fraction of sp³-hybridized carbons (Fsp3) is 0.0968. The Morgan fingerprint density at radius 2 is 1.45 bits per heavy atom. The number of benzene rings is 4. The lowest BCUT2D eigenvalue weighted by Crippen LogP contribution is -2.37. The fourth-order valence-corrected chi connectivity index (χ4v) is 5.69. The zero-order valence-electron chi connectivity index (χ0n) is 20.0. The number of imide groups is 1. The quantitative estimate of drug-likeness (QED) is 0.222. The maximum Gasteiger partial charge on any atom is 0.266 e. The topological polar surface area (TPSA) is 63.0 Å². The monoisotopic (exact) mass is 564 g/mol. The van der Waals surface area contributed by atoms with Crippen molar-refractivity contribution in [3.63, 3.8) is 0 Å². The molecule has 7 rings (SSSR count). The third kappa shape index (κ3) is 3.58. The fourth-order valence-electron chi connectivity index (χ4n) is 5.42. The van der Waals surface area contributed by atoms with Gasteiger partial charge in [0, 0.05) is 15.4 Å². The third-order valence-electron chi connectivity index (χ3n) is 7.18. The van der Waals surface area contributed by atoms with Crippen LogP contribution >= 0.6 is 15.9 Å². The number of para-hydroxylation sites is 1. The highest BCUT2D eigenvalue weighted by Crippen LogP contribution is 2.49. The Morgan fingerprint density at radius 3 is 2.26 bits per heavy atom. The second kappa shape index (κ2) is 8.97. The Kier molecular flexibility index (Phi) is 5.42. The van der Waals surface area contributed by atoms with Crippen LogP contribution in [0.25, 0.3) is 22.1 Å². The van der Waals surface area contributed by atoms with Gasteiger partial charge in [-0.2, -0.15) is 0 Å². The largest absolute Gasteiger partial charge is 0.459 e. The molecule has 0 N–H and O–H groups in total. The van der Waals surface area contributed by atoms with Gasteiger partial charge in [0.25, 0.3) is 5.91 Å². The van der Waals surface area contributed by atoms with Crippen molar-refractivity contribution in [3.8, 4) is 11.3 Å². The van der Waals surface area contributed by atoms with Crippen molar-refractivity contribution in [2.75, 3.05) is 9.96 Å². The lowest BCUT2D eigenvalue weighted by atomic mass is 9.94. The average molecular weight is 565 g/mol. The van der Waals surface area contributed by atoms with Crippen molar-refractivity contribution in [1.82, 2.24) is 0 Å². The summed E-state index contributed by atoms with van der Waals surface area (Å²) in [5.74, 6) is -0.224. The molecule has 3 heterocycles. The van der Waals surface area contributed by atoms with Gasteiger partial charge in [-0.15, -0.1) is 0 Å². The van der Waals surface area contributed by atoms with Gasteiger partial charge in [0.2, 0.25) is 5.91 Å². The van der Waals surface area contributed by atoms with Gasteiger partial charge in [-0.25, -0.2) is 9.96 Å². The number of hydrogen-bond donors (Lipinski definition) is 0. The van der Waals surface area contributed by atoms with Crippen molar-refractivity contribution in [1.29, 1.82) is 0 Å². The highest BCUT2D eigenvalue weighted by Gasteiger charge is 2.61. The van der Waals surface area contributed by atoms with E-state index in [2.05, 4.69) is 15.9 Å². The molecule has 0 bridgehead atoms. The summed E-state index contributed by atoms with van der Waals surface area (Å²) in [5.41, 5.74) is 2.22. The van der Waals surface area contributed by atoms with Gasteiger partial charge in [-0.3, -0.25) is 14.4 Å². The van der Waals surface area contributed by atoms with Crippen LogP contribution in [-0.4, -0.2) is 17.9 Å². The van der Waals surface area contributed by atoms with E-state index in [0.29, 0.717) is 17.2 Å². The molecule has 4 aromatic carbocycles. The summed E-state index contributed by atoms with van der Waals surface area (Å²) in [6.07, 6.45) is -0.965. The number of hydrogen-bond acceptors (Lipinski definition) is 5. The van der Waals surface area contributed by atoms with Crippen LogP contribution in [0.15, 0.2) is 118 Å². The molecule has 6 nitrogen and oxygen atoms in total. The molecule has 0 spiro atoms. The van der Waals surface area contributed by atoms with E-state index in [1.165, 1.54) is 4.90 Å². The minimum atomic E-state index is -0.965. The minimum absolute atomic E-state index is 0.304. The van der Waals surface area contributed by atoms with Crippen LogP contribution in [0.1, 0.15) is 11.8 Å². The maximum absolute atomic E-state index is 14.1. The molecule has 2 amide bonds. The van der Waals surface area contributed by atoms with Crippen LogP contribution in [0.4, 0.5) is 11.4 Å². The van der Waals surface area contributed by atoms with Gasteiger partial charge in [0.15, 0.2) is 6.10 Å². The van der Waals surface area contributed by atoms with Gasteiger partial charge >= 0.3 is 0 Å². The predicted octanol–water partition coefficient (Wildman–Crippen LogP) is 6.91. The Morgan fingerprint density at radius 1 is 0.711 bits per heavy atom. The van der Waals surface area contributed by atoms with Crippen LogP contribution in [-0.2, 0) is 14.4 Å². The first-order valence-corrected chi connectivity index (χ1v) is 13.1. The summed E-state index contributed by atoms with van der Waals surface area (Å²) < 4.78 is 7.30. The summed E-state index contributed by atoms with van der Waals surface area (Å²) in [6, 6.07) is 33.8. The normalized spacial score (nSPS) is 20.9. The molecule has 0 unspecified atom stereocenters. The lowest BCUT2D eigenvalue weighted by molar-refractivity contribution is -0.126. The number of carbonyl (C=O) groups excluding carboxylic acids is 2. The molecule has 2 fully saturated rings. The first-order chi connectivity index (χ1) is 18.6. The van der Waals surface area contributed by atoms with Gasteiger partial charge in [-0.1, -0.05) is 82.7 Å². The standard InChI is InChI=1S/C31H21BrN2O4/c32-21-15-13-20(14-16-21)25-17-18-26(37-25)28-27-29(38-34(28)22-9-2-1-3-10-22)31(36)33(30(27)35)24-12-6-8-19-7-4-5-11-23(19)24/h1-18,27-29H/t27-,28+,29+/m0/s1. The maximum atomic E-state index is 14.1. The van der Waals surface area contributed by atoms with Crippen LogP contribution in [0, 0.1) is 5.92 Å². The zero-order chi connectivity index (χ0) is 25.8. The van der Waals surface area contributed by atoms with Crippen molar-refractivity contribution in [3.05, 3.63) is 119 Å². The SMILES string of the molecule is O=C1[C@H]2[C@@H](c3ccc(-c4ccc(Br)cc4)o3)N(c3ccccc3)O[C@H]2C(=O)N1c1cccc2ccccc12. The van der Waals surface area contributed by atoms with Crippen LogP contribution < -0.4 is 9.96 Å². The lowest BCUT2D eigenvalue weighted by Gasteiger charge is -2.27. The van der Waals surface area contributed by atoms with Gasteiger partial charge in [-0.05, 0) is 47.9 Å². The van der Waals surface area contributed by atoms with E-state index in [-0.39, 0.29) is 11.8 Å². The van der Waals surface area contributed by atoms with Crippen LogP contribution in [0.5, 0.6) is 0 Å². The van der Waals surface area contributed by atoms with E-state index in [1.807, 2.05) is 109 Å². The highest BCUT2D eigenvalue weighted by molar-refractivity contribution is 9.10. The zero-order valence-corrected chi connectivity index (χ0v) is 21.6. The summed E-state index contributed by atoms with van der Waals surface area (Å²) in [6.45, 7) is 0. The molecule has 2 aliphatic heterocycles.